The van der Waals surface area contributed by atoms with E-state index in [2.05, 4.69) is 43.2 Å². The molecule has 6 heteroatoms. The number of anilines is 1. The predicted octanol–water partition coefficient (Wildman–Crippen LogP) is 5.99. The molecular weight excluding hydrogens is 408 g/mol. The summed E-state index contributed by atoms with van der Waals surface area (Å²) in [5, 5.41) is 5.64. The third-order valence-electron chi connectivity index (χ3n) is 4.53. The van der Waals surface area contributed by atoms with E-state index in [1.807, 2.05) is 55.6 Å². The van der Waals surface area contributed by atoms with Crippen molar-refractivity contribution in [1.82, 2.24) is 4.98 Å². The fourth-order valence-electron chi connectivity index (χ4n) is 2.95. The average molecular weight is 439 g/mol. The molecule has 0 saturated carbocycles. The smallest absolute Gasteiger partial charge is 0.230 e. The fourth-order valence-corrected chi connectivity index (χ4v) is 3.66. The van der Waals surface area contributed by atoms with Gasteiger partial charge in [-0.05, 0) is 61.2 Å². The molecule has 3 aromatic rings. The lowest BCUT2D eigenvalue weighted by Crippen LogP contribution is -2.14. The van der Waals surface area contributed by atoms with E-state index < -0.39 is 0 Å². The Morgan fingerprint density at radius 3 is 2.29 bits per heavy atom. The van der Waals surface area contributed by atoms with Gasteiger partial charge in [0.1, 0.15) is 23.1 Å². The zero-order valence-electron chi connectivity index (χ0n) is 18.8. The quantitative estimate of drug-likeness (QED) is 0.469. The number of ether oxygens (including phenoxy) is 2. The first-order chi connectivity index (χ1) is 14.7. The molecule has 0 spiro atoms. The van der Waals surface area contributed by atoms with Gasteiger partial charge in [0, 0.05) is 11.1 Å². The summed E-state index contributed by atoms with van der Waals surface area (Å²) in [4.78, 5) is 16.9. The van der Waals surface area contributed by atoms with Crippen LogP contribution in [0.2, 0.25) is 0 Å². The number of benzene rings is 2. The number of hydrogen-bond acceptors (Lipinski definition) is 5. The van der Waals surface area contributed by atoms with Crippen molar-refractivity contribution in [2.75, 3.05) is 5.32 Å². The summed E-state index contributed by atoms with van der Waals surface area (Å²) < 4.78 is 11.5. The Morgan fingerprint density at radius 1 is 1.03 bits per heavy atom. The van der Waals surface area contributed by atoms with Crippen molar-refractivity contribution >= 4 is 22.9 Å². The topological polar surface area (TPSA) is 60.5 Å². The number of amides is 1. The molecule has 0 saturated heterocycles. The van der Waals surface area contributed by atoms with E-state index in [9.17, 15) is 4.79 Å². The minimum atomic E-state index is -0.104. The lowest BCUT2D eigenvalue weighted by molar-refractivity contribution is -0.115. The van der Waals surface area contributed by atoms with Crippen LogP contribution in [0.1, 0.15) is 50.9 Å². The van der Waals surface area contributed by atoms with E-state index in [-0.39, 0.29) is 23.8 Å². The second-order valence-corrected chi connectivity index (χ2v) is 9.65. The average Bonchev–Trinajstić information content (AvgIpc) is 3.14. The number of nitrogens with zero attached hydrogens (tertiary/aromatic N) is 1. The van der Waals surface area contributed by atoms with Crippen molar-refractivity contribution in [3.63, 3.8) is 0 Å². The first kappa shape index (κ1) is 22.8. The molecule has 2 aromatic carbocycles. The van der Waals surface area contributed by atoms with Crippen LogP contribution in [0.4, 0.5) is 5.69 Å². The van der Waals surface area contributed by atoms with Gasteiger partial charge < -0.3 is 14.8 Å². The highest BCUT2D eigenvalue weighted by molar-refractivity contribution is 7.09. The zero-order chi connectivity index (χ0) is 22.4. The van der Waals surface area contributed by atoms with Crippen molar-refractivity contribution in [1.29, 1.82) is 0 Å². The molecule has 0 fully saturated rings. The molecule has 3 rings (SSSR count). The summed E-state index contributed by atoms with van der Waals surface area (Å²) in [6.07, 6.45) is 0.340. The highest BCUT2D eigenvalue weighted by atomic mass is 32.1. The Bertz CT molecular complexity index is 987. The molecule has 0 aliphatic heterocycles. The number of thiazole rings is 1. The third-order valence-corrected chi connectivity index (χ3v) is 5.40. The molecule has 5 nitrogen and oxygen atoms in total. The summed E-state index contributed by atoms with van der Waals surface area (Å²) in [6, 6.07) is 15.5. The van der Waals surface area contributed by atoms with Crippen LogP contribution in [0.15, 0.2) is 53.9 Å². The lowest BCUT2D eigenvalue weighted by atomic mass is 9.87. The Labute approximate surface area is 188 Å². The summed E-state index contributed by atoms with van der Waals surface area (Å²) in [5.41, 5.74) is 2.86. The fraction of sp³-hybridized carbons (Fsp3) is 0.360. The van der Waals surface area contributed by atoms with Crippen LogP contribution in [0, 0.1) is 0 Å². The molecule has 1 amide bonds. The largest absolute Gasteiger partial charge is 0.491 e. The first-order valence-electron chi connectivity index (χ1n) is 10.4. The van der Waals surface area contributed by atoms with Gasteiger partial charge in [0.15, 0.2) is 0 Å². The van der Waals surface area contributed by atoms with Crippen LogP contribution in [-0.2, 0) is 23.2 Å². The normalized spacial score (nSPS) is 11.4. The lowest BCUT2D eigenvalue weighted by Gasteiger charge is -2.19. The molecule has 164 valence electrons. The van der Waals surface area contributed by atoms with Gasteiger partial charge in [-0.3, -0.25) is 4.79 Å². The van der Waals surface area contributed by atoms with Gasteiger partial charge in [-0.2, -0.15) is 0 Å². The van der Waals surface area contributed by atoms with Crippen molar-refractivity contribution in [2.24, 2.45) is 0 Å². The summed E-state index contributed by atoms with van der Waals surface area (Å²) in [6.45, 7) is 10.9. The SMILES string of the molecule is CC(C)Oc1ccc(NC(=O)Cc2csc(COc3ccc(C(C)(C)C)cc3)n2)cc1. The molecule has 0 aliphatic rings. The minimum Gasteiger partial charge on any atom is -0.491 e. The minimum absolute atomic E-state index is 0.104. The van der Waals surface area contributed by atoms with Gasteiger partial charge >= 0.3 is 0 Å². The van der Waals surface area contributed by atoms with Gasteiger partial charge in [-0.15, -0.1) is 11.3 Å². The maximum atomic E-state index is 12.3. The Morgan fingerprint density at radius 2 is 1.68 bits per heavy atom. The Kier molecular flexibility index (Phi) is 7.33. The number of carbonyl (C=O) groups excluding carboxylic acids is 1. The summed E-state index contributed by atoms with van der Waals surface area (Å²) in [5.74, 6) is 1.49. The molecule has 0 aliphatic carbocycles. The van der Waals surface area contributed by atoms with E-state index in [0.717, 1.165) is 27.9 Å². The number of hydrogen-bond donors (Lipinski definition) is 1. The molecule has 31 heavy (non-hydrogen) atoms. The van der Waals surface area contributed by atoms with Crippen LogP contribution in [0.3, 0.4) is 0 Å². The maximum absolute atomic E-state index is 12.3. The maximum Gasteiger partial charge on any atom is 0.230 e. The predicted molar refractivity (Wildman–Crippen MR) is 126 cm³/mol. The van der Waals surface area contributed by atoms with Crippen LogP contribution in [-0.4, -0.2) is 17.0 Å². The van der Waals surface area contributed by atoms with Crippen molar-refractivity contribution in [3.05, 3.63) is 70.2 Å². The van der Waals surface area contributed by atoms with Crippen molar-refractivity contribution in [3.8, 4) is 11.5 Å². The summed E-state index contributed by atoms with van der Waals surface area (Å²) in [7, 11) is 0. The molecular formula is C25H30N2O3S. The first-order valence-corrected chi connectivity index (χ1v) is 11.3. The molecule has 1 N–H and O–H groups in total. The van der Waals surface area contributed by atoms with E-state index in [1.165, 1.54) is 16.9 Å². The van der Waals surface area contributed by atoms with E-state index in [0.29, 0.717) is 6.61 Å². The molecule has 1 aromatic heterocycles. The van der Waals surface area contributed by atoms with Crippen LogP contribution in [0.25, 0.3) is 0 Å². The number of aromatic nitrogens is 1. The second-order valence-electron chi connectivity index (χ2n) is 8.71. The Balaban J connectivity index is 1.48. The standard InChI is InChI=1S/C25H30N2O3S/c1-17(2)30-22-12-8-19(9-13-22)26-23(28)14-20-16-31-24(27-20)15-29-21-10-6-18(7-11-21)25(3,4)5/h6-13,16-17H,14-15H2,1-5H3,(H,26,28). The molecule has 0 bridgehead atoms. The highest BCUT2D eigenvalue weighted by Crippen LogP contribution is 2.25. The van der Waals surface area contributed by atoms with Crippen LogP contribution >= 0.6 is 11.3 Å². The van der Waals surface area contributed by atoms with E-state index in [4.69, 9.17) is 9.47 Å². The van der Waals surface area contributed by atoms with Gasteiger partial charge in [0.25, 0.3) is 0 Å². The number of rotatable bonds is 8. The van der Waals surface area contributed by atoms with Crippen molar-refractivity contribution in [2.45, 2.75) is 59.2 Å². The zero-order valence-corrected chi connectivity index (χ0v) is 19.6. The highest BCUT2D eigenvalue weighted by Gasteiger charge is 2.13. The molecule has 0 radical (unpaired) electrons. The van der Waals surface area contributed by atoms with E-state index >= 15 is 0 Å². The molecule has 0 atom stereocenters. The van der Waals surface area contributed by atoms with Gasteiger partial charge in [-0.1, -0.05) is 32.9 Å². The number of nitrogens with one attached hydrogen (secondary N) is 1. The van der Waals surface area contributed by atoms with Gasteiger partial charge in [-0.25, -0.2) is 4.98 Å². The van der Waals surface area contributed by atoms with Gasteiger partial charge in [0.2, 0.25) is 5.91 Å². The number of carbonyl (C=O) groups is 1. The van der Waals surface area contributed by atoms with Crippen LogP contribution < -0.4 is 14.8 Å². The van der Waals surface area contributed by atoms with E-state index in [1.54, 1.807) is 0 Å². The second kappa shape index (κ2) is 9.96. The van der Waals surface area contributed by atoms with Gasteiger partial charge in [0.05, 0.1) is 18.2 Å². The Hall–Kier alpha value is -2.86. The summed E-state index contributed by atoms with van der Waals surface area (Å²) >= 11 is 1.50. The monoisotopic (exact) mass is 438 g/mol. The molecule has 1 heterocycles. The molecule has 0 unspecified atom stereocenters. The van der Waals surface area contributed by atoms with Crippen LogP contribution in [0.5, 0.6) is 11.5 Å². The third kappa shape index (κ3) is 7.10. The van der Waals surface area contributed by atoms with Crippen molar-refractivity contribution < 1.29 is 14.3 Å².